The minimum atomic E-state index is -0.601. The predicted octanol–water partition coefficient (Wildman–Crippen LogP) is 4.00. The number of rotatable bonds is 6. The quantitative estimate of drug-likeness (QED) is 0.492. The monoisotopic (exact) mass is 403 g/mol. The minimum absolute atomic E-state index is 0.232. The number of carbonyl (C=O) groups is 1. The van der Waals surface area contributed by atoms with Crippen molar-refractivity contribution in [2.24, 2.45) is 0 Å². The molecule has 0 atom stereocenters. The molecule has 1 amide bonds. The Balaban J connectivity index is 1.55. The summed E-state index contributed by atoms with van der Waals surface area (Å²) in [6.45, 7) is 4.98. The van der Waals surface area contributed by atoms with Crippen LogP contribution >= 0.6 is 0 Å². The number of hydrogen-bond donors (Lipinski definition) is 1. The van der Waals surface area contributed by atoms with Gasteiger partial charge in [0.25, 0.3) is 5.91 Å². The van der Waals surface area contributed by atoms with E-state index in [4.69, 9.17) is 9.15 Å². The molecule has 0 radical (unpaired) electrons. The van der Waals surface area contributed by atoms with Crippen LogP contribution in [-0.4, -0.2) is 22.3 Å². The summed E-state index contributed by atoms with van der Waals surface area (Å²) in [5.74, 6) is 0.162. The molecule has 0 fully saturated rings. The zero-order valence-electron chi connectivity index (χ0n) is 16.7. The van der Waals surface area contributed by atoms with E-state index in [1.54, 1.807) is 35.3 Å². The highest BCUT2D eigenvalue weighted by molar-refractivity contribution is 6.12. The van der Waals surface area contributed by atoms with Crippen molar-refractivity contribution in [3.05, 3.63) is 88.0 Å². The first kappa shape index (κ1) is 19.4. The fourth-order valence-electron chi connectivity index (χ4n) is 3.18. The standard InChI is InChI=1S/C23H21N3O4/c1-3-29-18-8-9-19-20(11-22(27)30-21(19)10-18)23(28)25-17-12-24-26(14-17)13-16-6-4-15(2)5-7-16/h4-12,14H,3,13H2,1-2H3,(H,25,28). The van der Waals surface area contributed by atoms with Gasteiger partial charge in [-0.1, -0.05) is 29.8 Å². The van der Waals surface area contributed by atoms with Gasteiger partial charge in [-0.05, 0) is 31.5 Å². The average molecular weight is 403 g/mol. The maximum atomic E-state index is 12.8. The summed E-state index contributed by atoms with van der Waals surface area (Å²) in [7, 11) is 0. The molecular weight excluding hydrogens is 382 g/mol. The molecule has 2 aromatic carbocycles. The zero-order valence-corrected chi connectivity index (χ0v) is 16.7. The topological polar surface area (TPSA) is 86.4 Å². The van der Waals surface area contributed by atoms with Crippen LogP contribution in [0.25, 0.3) is 11.0 Å². The number of nitrogens with zero attached hydrogens (tertiary/aromatic N) is 2. The molecule has 0 saturated heterocycles. The number of amides is 1. The molecule has 30 heavy (non-hydrogen) atoms. The van der Waals surface area contributed by atoms with Gasteiger partial charge in [-0.15, -0.1) is 0 Å². The number of ether oxygens (including phenoxy) is 1. The number of fused-ring (bicyclic) bond motifs is 1. The van der Waals surface area contributed by atoms with E-state index in [0.29, 0.717) is 35.6 Å². The van der Waals surface area contributed by atoms with Gasteiger partial charge in [0.05, 0.1) is 30.6 Å². The van der Waals surface area contributed by atoms with Crippen molar-refractivity contribution >= 4 is 22.6 Å². The van der Waals surface area contributed by atoms with Crippen molar-refractivity contribution in [2.75, 3.05) is 11.9 Å². The van der Waals surface area contributed by atoms with Crippen molar-refractivity contribution in [3.63, 3.8) is 0 Å². The molecule has 1 N–H and O–H groups in total. The Morgan fingerprint density at radius 1 is 1.17 bits per heavy atom. The van der Waals surface area contributed by atoms with Crippen molar-refractivity contribution in [2.45, 2.75) is 20.4 Å². The van der Waals surface area contributed by atoms with Crippen LogP contribution in [0.15, 0.2) is 70.1 Å². The molecule has 7 heteroatoms. The molecule has 4 aromatic rings. The van der Waals surface area contributed by atoms with Gasteiger partial charge in [-0.3, -0.25) is 9.48 Å². The Hall–Kier alpha value is -3.87. The second-order valence-electron chi connectivity index (χ2n) is 6.94. The van der Waals surface area contributed by atoms with E-state index in [-0.39, 0.29) is 5.56 Å². The largest absolute Gasteiger partial charge is 0.494 e. The average Bonchev–Trinajstić information content (AvgIpc) is 3.15. The third-order valence-electron chi connectivity index (χ3n) is 4.63. The molecule has 2 aromatic heterocycles. The normalized spacial score (nSPS) is 10.9. The Labute approximate surface area is 172 Å². The van der Waals surface area contributed by atoms with Crippen molar-refractivity contribution in [3.8, 4) is 5.75 Å². The second kappa shape index (κ2) is 8.24. The van der Waals surface area contributed by atoms with E-state index < -0.39 is 11.5 Å². The van der Waals surface area contributed by atoms with E-state index in [0.717, 1.165) is 5.56 Å². The van der Waals surface area contributed by atoms with Crippen LogP contribution in [0.2, 0.25) is 0 Å². The van der Waals surface area contributed by atoms with Crippen LogP contribution in [0.5, 0.6) is 5.75 Å². The first-order valence-electron chi connectivity index (χ1n) is 9.62. The highest BCUT2D eigenvalue weighted by atomic mass is 16.5. The van der Waals surface area contributed by atoms with Gasteiger partial charge in [0.1, 0.15) is 11.3 Å². The Kier molecular flexibility index (Phi) is 5.34. The number of aryl methyl sites for hydroxylation is 1. The number of benzene rings is 2. The summed E-state index contributed by atoms with van der Waals surface area (Å²) >= 11 is 0. The molecule has 152 valence electrons. The summed E-state index contributed by atoms with van der Waals surface area (Å²) in [4.78, 5) is 24.8. The molecular formula is C23H21N3O4. The van der Waals surface area contributed by atoms with Crippen LogP contribution < -0.4 is 15.7 Å². The van der Waals surface area contributed by atoms with Crippen molar-refractivity contribution in [1.82, 2.24) is 9.78 Å². The molecule has 0 bridgehead atoms. The molecule has 0 aliphatic rings. The lowest BCUT2D eigenvalue weighted by molar-refractivity contribution is 0.102. The van der Waals surface area contributed by atoms with Crippen LogP contribution in [0.1, 0.15) is 28.4 Å². The molecule has 4 rings (SSSR count). The lowest BCUT2D eigenvalue weighted by Gasteiger charge is -2.08. The molecule has 0 aliphatic heterocycles. The number of anilines is 1. The van der Waals surface area contributed by atoms with Crippen LogP contribution in [0, 0.1) is 6.92 Å². The van der Waals surface area contributed by atoms with Gasteiger partial charge in [-0.2, -0.15) is 5.10 Å². The minimum Gasteiger partial charge on any atom is -0.494 e. The van der Waals surface area contributed by atoms with Gasteiger partial charge in [0.2, 0.25) is 0 Å². The fraction of sp³-hybridized carbons (Fsp3) is 0.174. The van der Waals surface area contributed by atoms with Gasteiger partial charge in [0, 0.05) is 23.7 Å². The van der Waals surface area contributed by atoms with Crippen molar-refractivity contribution in [1.29, 1.82) is 0 Å². The SMILES string of the molecule is CCOc1ccc2c(C(=O)Nc3cnn(Cc4ccc(C)cc4)c3)cc(=O)oc2c1. The van der Waals surface area contributed by atoms with Gasteiger partial charge in [0.15, 0.2) is 0 Å². The number of aromatic nitrogens is 2. The summed E-state index contributed by atoms with van der Waals surface area (Å²) in [6.07, 6.45) is 3.32. The molecule has 0 spiro atoms. The summed E-state index contributed by atoms with van der Waals surface area (Å²) in [6, 6.07) is 14.4. The predicted molar refractivity (Wildman–Crippen MR) is 114 cm³/mol. The lowest BCUT2D eigenvalue weighted by atomic mass is 10.1. The highest BCUT2D eigenvalue weighted by Gasteiger charge is 2.15. The van der Waals surface area contributed by atoms with E-state index in [1.165, 1.54) is 11.6 Å². The maximum absolute atomic E-state index is 12.8. The maximum Gasteiger partial charge on any atom is 0.337 e. The molecule has 0 aliphatic carbocycles. The molecule has 7 nitrogen and oxygen atoms in total. The Morgan fingerprint density at radius 2 is 1.97 bits per heavy atom. The van der Waals surface area contributed by atoms with Gasteiger partial charge >= 0.3 is 5.63 Å². The van der Waals surface area contributed by atoms with Gasteiger partial charge in [-0.25, -0.2) is 4.79 Å². The van der Waals surface area contributed by atoms with E-state index in [9.17, 15) is 9.59 Å². The van der Waals surface area contributed by atoms with E-state index >= 15 is 0 Å². The Morgan fingerprint density at radius 3 is 2.73 bits per heavy atom. The summed E-state index contributed by atoms with van der Waals surface area (Å²) < 4.78 is 12.4. The highest BCUT2D eigenvalue weighted by Crippen LogP contribution is 2.23. The van der Waals surface area contributed by atoms with E-state index in [1.807, 2.05) is 38.1 Å². The molecule has 2 heterocycles. The van der Waals surface area contributed by atoms with Crippen LogP contribution in [0.3, 0.4) is 0 Å². The van der Waals surface area contributed by atoms with E-state index in [2.05, 4.69) is 10.4 Å². The third kappa shape index (κ3) is 4.25. The first-order chi connectivity index (χ1) is 14.5. The van der Waals surface area contributed by atoms with Crippen LogP contribution in [-0.2, 0) is 6.54 Å². The fourth-order valence-corrected chi connectivity index (χ4v) is 3.18. The number of nitrogens with one attached hydrogen (secondary N) is 1. The van der Waals surface area contributed by atoms with Crippen molar-refractivity contribution < 1.29 is 13.9 Å². The molecule has 0 unspecified atom stereocenters. The zero-order chi connectivity index (χ0) is 21.1. The van der Waals surface area contributed by atoms with Gasteiger partial charge < -0.3 is 14.5 Å². The third-order valence-corrected chi connectivity index (χ3v) is 4.63. The lowest BCUT2D eigenvalue weighted by Crippen LogP contribution is -2.15. The molecule has 0 saturated carbocycles. The summed E-state index contributed by atoms with van der Waals surface area (Å²) in [5.41, 5.74) is 2.78. The first-order valence-corrected chi connectivity index (χ1v) is 9.62. The smallest absolute Gasteiger partial charge is 0.337 e. The second-order valence-corrected chi connectivity index (χ2v) is 6.94. The number of hydrogen-bond acceptors (Lipinski definition) is 5. The number of carbonyl (C=O) groups excluding carboxylic acids is 1. The Bertz CT molecular complexity index is 1260. The van der Waals surface area contributed by atoms with Crippen LogP contribution in [0.4, 0.5) is 5.69 Å². The summed E-state index contributed by atoms with van der Waals surface area (Å²) in [5, 5.41) is 7.63.